The molecule has 1 atom stereocenters. The van der Waals surface area contributed by atoms with Crippen LogP contribution < -0.4 is 5.73 Å². The van der Waals surface area contributed by atoms with Gasteiger partial charge in [0.2, 0.25) is 0 Å². The molecule has 120 valence electrons. The number of aromatic nitrogens is 1. The summed E-state index contributed by atoms with van der Waals surface area (Å²) < 4.78 is 5.32. The standard InChI is InChI=1S/C17H16Cl2N2O2/c1-17(2)7-10-5-9(12-6-14(19)21-8-13(12)18)3-4-11(10)15(17)23-16(20)22/h3-6,8,15H,7H2,1-2H3,(H2,20,22). The van der Waals surface area contributed by atoms with Gasteiger partial charge in [0.15, 0.2) is 0 Å². The first-order valence-corrected chi connectivity index (χ1v) is 7.94. The fraction of sp³-hybridized carbons (Fsp3) is 0.294. The van der Waals surface area contributed by atoms with Crippen LogP contribution in [0.1, 0.15) is 31.1 Å². The third-order valence-corrected chi connectivity index (χ3v) is 4.66. The molecular formula is C17H16Cl2N2O2. The minimum absolute atomic E-state index is 0.213. The van der Waals surface area contributed by atoms with E-state index in [0.717, 1.165) is 28.7 Å². The van der Waals surface area contributed by atoms with Crippen molar-refractivity contribution in [3.63, 3.8) is 0 Å². The monoisotopic (exact) mass is 350 g/mol. The van der Waals surface area contributed by atoms with E-state index in [1.165, 1.54) is 6.20 Å². The molecule has 0 spiro atoms. The van der Waals surface area contributed by atoms with Crippen molar-refractivity contribution >= 4 is 29.3 Å². The Kier molecular flexibility index (Phi) is 3.98. The van der Waals surface area contributed by atoms with Crippen LogP contribution in [0.25, 0.3) is 11.1 Å². The molecule has 1 aliphatic carbocycles. The summed E-state index contributed by atoms with van der Waals surface area (Å²) in [6, 6.07) is 7.69. The Morgan fingerprint density at radius 1 is 1.35 bits per heavy atom. The minimum atomic E-state index is -0.760. The first-order chi connectivity index (χ1) is 10.8. The van der Waals surface area contributed by atoms with Crippen molar-refractivity contribution in [2.75, 3.05) is 0 Å². The number of ether oxygens (including phenoxy) is 1. The summed E-state index contributed by atoms with van der Waals surface area (Å²) >= 11 is 12.2. The molecular weight excluding hydrogens is 335 g/mol. The largest absolute Gasteiger partial charge is 0.441 e. The summed E-state index contributed by atoms with van der Waals surface area (Å²) in [6.45, 7) is 4.10. The summed E-state index contributed by atoms with van der Waals surface area (Å²) in [5.41, 5.74) is 8.87. The molecule has 0 fully saturated rings. The number of benzene rings is 1. The maximum atomic E-state index is 11.2. The van der Waals surface area contributed by atoms with Crippen LogP contribution in [0.4, 0.5) is 4.79 Å². The Morgan fingerprint density at radius 2 is 2.09 bits per heavy atom. The van der Waals surface area contributed by atoms with E-state index in [1.807, 2.05) is 12.1 Å². The molecule has 0 bridgehead atoms. The van der Waals surface area contributed by atoms with Crippen molar-refractivity contribution in [3.05, 3.63) is 51.8 Å². The summed E-state index contributed by atoms with van der Waals surface area (Å²) in [4.78, 5) is 15.2. The topological polar surface area (TPSA) is 65.2 Å². The number of amides is 1. The average molecular weight is 351 g/mol. The molecule has 3 rings (SSSR count). The second-order valence-corrected chi connectivity index (χ2v) is 7.18. The van der Waals surface area contributed by atoms with Gasteiger partial charge in [-0.25, -0.2) is 9.78 Å². The Hall–Kier alpha value is -1.78. The summed E-state index contributed by atoms with van der Waals surface area (Å²) in [5.74, 6) is 0. The van der Waals surface area contributed by atoms with E-state index in [0.29, 0.717) is 10.2 Å². The van der Waals surface area contributed by atoms with Crippen LogP contribution in [0, 0.1) is 5.41 Å². The molecule has 1 amide bonds. The molecule has 1 aromatic heterocycles. The molecule has 1 heterocycles. The lowest BCUT2D eigenvalue weighted by atomic mass is 9.87. The SMILES string of the molecule is CC1(C)Cc2cc(-c3cc(Cl)ncc3Cl)ccc2C1OC(N)=O. The predicted octanol–water partition coefficient (Wildman–Crippen LogP) is 4.77. The van der Waals surface area contributed by atoms with Crippen molar-refractivity contribution in [3.8, 4) is 11.1 Å². The lowest BCUT2D eigenvalue weighted by Crippen LogP contribution is -2.25. The van der Waals surface area contributed by atoms with E-state index < -0.39 is 6.09 Å². The summed E-state index contributed by atoms with van der Waals surface area (Å²) in [7, 11) is 0. The van der Waals surface area contributed by atoms with Crippen molar-refractivity contribution in [1.29, 1.82) is 0 Å². The number of rotatable bonds is 2. The first-order valence-electron chi connectivity index (χ1n) is 7.18. The lowest BCUT2D eigenvalue weighted by Gasteiger charge is -2.26. The quantitative estimate of drug-likeness (QED) is 0.793. The van der Waals surface area contributed by atoms with Gasteiger partial charge in [-0.05, 0) is 29.2 Å². The van der Waals surface area contributed by atoms with Gasteiger partial charge >= 0.3 is 6.09 Å². The van der Waals surface area contributed by atoms with E-state index in [1.54, 1.807) is 6.07 Å². The highest BCUT2D eigenvalue weighted by atomic mass is 35.5. The third-order valence-electron chi connectivity index (χ3n) is 4.15. The Bertz CT molecular complexity index is 790. The number of carbonyl (C=O) groups is 1. The van der Waals surface area contributed by atoms with E-state index in [-0.39, 0.29) is 11.5 Å². The van der Waals surface area contributed by atoms with E-state index in [4.69, 9.17) is 33.7 Å². The second-order valence-electron chi connectivity index (χ2n) is 6.38. The van der Waals surface area contributed by atoms with Gasteiger partial charge in [0, 0.05) is 17.2 Å². The number of hydrogen-bond acceptors (Lipinski definition) is 3. The molecule has 0 saturated carbocycles. The molecule has 0 aliphatic heterocycles. The lowest BCUT2D eigenvalue weighted by molar-refractivity contribution is 0.0392. The summed E-state index contributed by atoms with van der Waals surface area (Å²) in [5, 5.41) is 0.928. The third kappa shape index (κ3) is 3.01. The molecule has 1 aliphatic rings. The van der Waals surface area contributed by atoms with Crippen LogP contribution in [0.5, 0.6) is 0 Å². The van der Waals surface area contributed by atoms with Gasteiger partial charge in [0.05, 0.1) is 5.02 Å². The van der Waals surface area contributed by atoms with Gasteiger partial charge in [-0.15, -0.1) is 0 Å². The molecule has 2 aromatic rings. The van der Waals surface area contributed by atoms with Gasteiger partial charge in [-0.3, -0.25) is 0 Å². The highest BCUT2D eigenvalue weighted by molar-refractivity contribution is 6.34. The molecule has 6 heteroatoms. The number of carbonyl (C=O) groups excluding carboxylic acids is 1. The predicted molar refractivity (Wildman–Crippen MR) is 90.6 cm³/mol. The fourth-order valence-corrected chi connectivity index (χ4v) is 3.53. The number of halogens is 2. The van der Waals surface area contributed by atoms with E-state index in [2.05, 4.69) is 24.9 Å². The molecule has 23 heavy (non-hydrogen) atoms. The first kappa shape index (κ1) is 16.1. The fourth-order valence-electron chi connectivity index (χ4n) is 3.16. The van der Waals surface area contributed by atoms with Gasteiger partial charge in [-0.2, -0.15) is 0 Å². The maximum Gasteiger partial charge on any atom is 0.405 e. The smallest absolute Gasteiger partial charge is 0.405 e. The Morgan fingerprint density at radius 3 is 2.78 bits per heavy atom. The zero-order valence-corrected chi connectivity index (χ0v) is 14.3. The summed E-state index contributed by atoms with van der Waals surface area (Å²) in [6.07, 6.45) is 1.21. The van der Waals surface area contributed by atoms with Gasteiger partial charge in [-0.1, -0.05) is 55.2 Å². The van der Waals surface area contributed by atoms with Gasteiger partial charge in [0.25, 0.3) is 0 Å². The second kappa shape index (κ2) is 5.69. The van der Waals surface area contributed by atoms with E-state index in [9.17, 15) is 4.79 Å². The molecule has 4 nitrogen and oxygen atoms in total. The molecule has 0 saturated heterocycles. The normalized spacial score (nSPS) is 18.5. The Balaban J connectivity index is 2.05. The van der Waals surface area contributed by atoms with Crippen LogP contribution in [-0.4, -0.2) is 11.1 Å². The molecule has 1 aromatic carbocycles. The van der Waals surface area contributed by atoms with E-state index >= 15 is 0 Å². The number of nitrogens with two attached hydrogens (primary N) is 1. The minimum Gasteiger partial charge on any atom is -0.441 e. The van der Waals surface area contributed by atoms with Crippen LogP contribution >= 0.6 is 23.2 Å². The zero-order valence-electron chi connectivity index (χ0n) is 12.8. The number of primary amides is 1. The number of pyridine rings is 1. The van der Waals surface area contributed by atoms with Crippen molar-refractivity contribution in [2.24, 2.45) is 11.1 Å². The number of nitrogens with zero attached hydrogens (tertiary/aromatic N) is 1. The Labute approximate surface area is 144 Å². The van der Waals surface area contributed by atoms with Gasteiger partial charge < -0.3 is 10.5 Å². The zero-order chi connectivity index (χ0) is 16.8. The number of fused-ring (bicyclic) bond motifs is 1. The van der Waals surface area contributed by atoms with Gasteiger partial charge in [0.1, 0.15) is 11.3 Å². The van der Waals surface area contributed by atoms with Crippen LogP contribution in [0.15, 0.2) is 30.5 Å². The molecule has 1 unspecified atom stereocenters. The van der Waals surface area contributed by atoms with Crippen molar-refractivity contribution in [1.82, 2.24) is 4.98 Å². The van der Waals surface area contributed by atoms with Crippen LogP contribution in [-0.2, 0) is 11.2 Å². The van der Waals surface area contributed by atoms with Crippen LogP contribution in [0.3, 0.4) is 0 Å². The average Bonchev–Trinajstić information content (AvgIpc) is 2.71. The van der Waals surface area contributed by atoms with Crippen LogP contribution in [0.2, 0.25) is 10.2 Å². The van der Waals surface area contributed by atoms with Crippen molar-refractivity contribution in [2.45, 2.75) is 26.4 Å². The highest BCUT2D eigenvalue weighted by Crippen LogP contribution is 2.48. The number of hydrogen-bond donors (Lipinski definition) is 1. The molecule has 2 N–H and O–H groups in total. The highest BCUT2D eigenvalue weighted by Gasteiger charge is 2.41. The van der Waals surface area contributed by atoms with Crippen molar-refractivity contribution < 1.29 is 9.53 Å². The molecule has 0 radical (unpaired) electrons. The maximum absolute atomic E-state index is 11.2.